The van der Waals surface area contributed by atoms with Crippen molar-refractivity contribution in [1.29, 1.82) is 0 Å². The summed E-state index contributed by atoms with van der Waals surface area (Å²) in [4.78, 5) is 22.1. The van der Waals surface area contributed by atoms with Gasteiger partial charge in [0, 0.05) is 12.1 Å². The van der Waals surface area contributed by atoms with Crippen LogP contribution in [0.1, 0.15) is 11.1 Å². The summed E-state index contributed by atoms with van der Waals surface area (Å²) >= 11 is 0. The van der Waals surface area contributed by atoms with Gasteiger partial charge in [-0.1, -0.05) is 18.2 Å². The molecule has 0 bridgehead atoms. The average molecular weight is 329 g/mol. The van der Waals surface area contributed by atoms with E-state index in [0.29, 0.717) is 11.1 Å². The summed E-state index contributed by atoms with van der Waals surface area (Å²) in [6.45, 7) is -0.195. The maximum atomic E-state index is 11.7. The molecule has 1 N–H and O–H groups in total. The van der Waals surface area contributed by atoms with Crippen molar-refractivity contribution in [3.05, 3.63) is 69.8 Å². The molecular weight excluding hydrogens is 314 g/mol. The quantitative estimate of drug-likeness (QED) is 0.378. The summed E-state index contributed by atoms with van der Waals surface area (Å²) in [5.74, 6) is -0.362. The van der Waals surface area contributed by atoms with Crippen molar-refractivity contribution >= 4 is 17.7 Å². The number of aromatic hydroxyl groups is 1. The molecule has 7 nitrogen and oxygen atoms in total. The topological polar surface area (TPSA) is 98.9 Å². The summed E-state index contributed by atoms with van der Waals surface area (Å²) < 4.78 is 9.98. The number of nitro groups is 1. The van der Waals surface area contributed by atoms with Crippen LogP contribution in [0.25, 0.3) is 6.08 Å². The molecule has 24 heavy (non-hydrogen) atoms. The fourth-order valence-electron chi connectivity index (χ4n) is 1.97. The minimum absolute atomic E-state index is 0.00591. The number of hydrogen-bond acceptors (Lipinski definition) is 6. The number of carbonyl (C=O) groups is 1. The van der Waals surface area contributed by atoms with Crippen LogP contribution in [-0.4, -0.2) is 23.1 Å². The van der Waals surface area contributed by atoms with Crippen LogP contribution in [0.4, 0.5) is 5.69 Å². The van der Waals surface area contributed by atoms with Crippen LogP contribution in [-0.2, 0) is 16.1 Å². The SMILES string of the molecule is COc1cc(/C=C/C(=O)OCc2ccccc2[N+](=O)[O-])ccc1O. The van der Waals surface area contributed by atoms with E-state index >= 15 is 0 Å². The van der Waals surface area contributed by atoms with Gasteiger partial charge in [-0.25, -0.2) is 4.79 Å². The standard InChI is InChI=1S/C17H15NO6/c1-23-16-10-12(6-8-15(16)19)7-9-17(20)24-11-13-4-2-3-5-14(13)18(21)22/h2-10,19H,11H2,1H3/b9-7+. The third-order valence-electron chi connectivity index (χ3n) is 3.17. The average Bonchev–Trinajstić information content (AvgIpc) is 2.59. The van der Waals surface area contributed by atoms with Crippen LogP contribution in [0.3, 0.4) is 0 Å². The Labute approximate surface area is 137 Å². The zero-order valence-electron chi connectivity index (χ0n) is 12.8. The molecule has 2 rings (SSSR count). The highest BCUT2D eigenvalue weighted by Crippen LogP contribution is 2.26. The van der Waals surface area contributed by atoms with Crippen molar-refractivity contribution < 1.29 is 24.3 Å². The summed E-state index contributed by atoms with van der Waals surface area (Å²) in [6.07, 6.45) is 2.68. The third-order valence-corrected chi connectivity index (χ3v) is 3.17. The van der Waals surface area contributed by atoms with Gasteiger partial charge in [-0.3, -0.25) is 10.1 Å². The van der Waals surface area contributed by atoms with Crippen molar-refractivity contribution in [3.63, 3.8) is 0 Å². The Kier molecular flexibility index (Phi) is 5.51. The Morgan fingerprint density at radius 1 is 1.29 bits per heavy atom. The molecule has 124 valence electrons. The molecule has 0 aromatic heterocycles. The summed E-state index contributed by atoms with van der Waals surface area (Å²) in [6, 6.07) is 10.7. The van der Waals surface area contributed by atoms with Crippen LogP contribution in [0, 0.1) is 10.1 Å². The van der Waals surface area contributed by atoms with Crippen LogP contribution in [0.15, 0.2) is 48.5 Å². The summed E-state index contributed by atoms with van der Waals surface area (Å²) in [7, 11) is 1.42. The molecule has 0 radical (unpaired) electrons. The second kappa shape index (κ2) is 7.77. The van der Waals surface area contributed by atoms with Gasteiger partial charge in [0.25, 0.3) is 5.69 Å². The number of phenols is 1. The van der Waals surface area contributed by atoms with Gasteiger partial charge in [0.2, 0.25) is 0 Å². The molecule has 0 aliphatic rings. The number of nitro benzene ring substituents is 1. The fourth-order valence-corrected chi connectivity index (χ4v) is 1.97. The number of rotatable bonds is 6. The minimum atomic E-state index is -0.639. The molecule has 2 aromatic carbocycles. The van der Waals surface area contributed by atoms with Crippen molar-refractivity contribution in [3.8, 4) is 11.5 Å². The first-order valence-corrected chi connectivity index (χ1v) is 6.95. The first kappa shape index (κ1) is 17.0. The monoisotopic (exact) mass is 329 g/mol. The number of carbonyl (C=O) groups excluding carboxylic acids is 1. The molecule has 0 heterocycles. The lowest BCUT2D eigenvalue weighted by Gasteiger charge is -2.04. The van der Waals surface area contributed by atoms with E-state index < -0.39 is 10.9 Å². The number of phenolic OH excluding ortho intramolecular Hbond substituents is 1. The van der Waals surface area contributed by atoms with Gasteiger partial charge in [-0.15, -0.1) is 0 Å². The van der Waals surface area contributed by atoms with Crippen LogP contribution in [0.2, 0.25) is 0 Å². The Morgan fingerprint density at radius 3 is 2.75 bits per heavy atom. The summed E-state index contributed by atoms with van der Waals surface area (Å²) in [5.41, 5.74) is 0.848. The second-order valence-corrected chi connectivity index (χ2v) is 4.76. The number of nitrogens with zero attached hydrogens (tertiary/aromatic N) is 1. The Hall–Kier alpha value is -3.35. The maximum Gasteiger partial charge on any atom is 0.331 e. The smallest absolute Gasteiger partial charge is 0.331 e. The lowest BCUT2D eigenvalue weighted by molar-refractivity contribution is -0.385. The van der Waals surface area contributed by atoms with E-state index in [0.717, 1.165) is 0 Å². The molecule has 0 amide bonds. The van der Waals surface area contributed by atoms with E-state index in [1.807, 2.05) is 0 Å². The van der Waals surface area contributed by atoms with Gasteiger partial charge in [-0.05, 0) is 29.8 Å². The first-order valence-electron chi connectivity index (χ1n) is 6.95. The number of para-hydroxylation sites is 1. The Balaban J connectivity index is 2.00. The molecule has 0 atom stereocenters. The molecule has 7 heteroatoms. The van der Waals surface area contributed by atoms with Gasteiger partial charge in [0.15, 0.2) is 11.5 Å². The zero-order chi connectivity index (χ0) is 17.5. The highest BCUT2D eigenvalue weighted by Gasteiger charge is 2.13. The van der Waals surface area contributed by atoms with Gasteiger partial charge >= 0.3 is 5.97 Å². The number of hydrogen-bond donors (Lipinski definition) is 1. The maximum absolute atomic E-state index is 11.7. The molecule has 0 spiro atoms. The molecule has 2 aromatic rings. The zero-order valence-corrected chi connectivity index (χ0v) is 12.8. The van der Waals surface area contributed by atoms with Crippen molar-refractivity contribution in [1.82, 2.24) is 0 Å². The number of benzene rings is 2. The fraction of sp³-hybridized carbons (Fsp3) is 0.118. The van der Waals surface area contributed by atoms with Crippen molar-refractivity contribution in [2.24, 2.45) is 0 Å². The number of esters is 1. The molecule has 0 fully saturated rings. The van der Waals surface area contributed by atoms with E-state index in [4.69, 9.17) is 9.47 Å². The third kappa shape index (κ3) is 4.33. The number of methoxy groups -OCH3 is 1. The van der Waals surface area contributed by atoms with Crippen LogP contribution < -0.4 is 4.74 Å². The number of ether oxygens (including phenoxy) is 2. The molecule has 0 saturated carbocycles. The molecule has 0 aliphatic heterocycles. The van der Waals surface area contributed by atoms with E-state index in [-0.39, 0.29) is 23.8 Å². The van der Waals surface area contributed by atoms with E-state index in [1.165, 1.54) is 37.5 Å². The van der Waals surface area contributed by atoms with Crippen LogP contribution >= 0.6 is 0 Å². The predicted molar refractivity (Wildman–Crippen MR) is 86.6 cm³/mol. The lowest BCUT2D eigenvalue weighted by atomic mass is 10.2. The van der Waals surface area contributed by atoms with E-state index in [9.17, 15) is 20.0 Å². The van der Waals surface area contributed by atoms with E-state index in [1.54, 1.807) is 24.3 Å². The highest BCUT2D eigenvalue weighted by molar-refractivity contribution is 5.87. The summed E-state index contributed by atoms with van der Waals surface area (Å²) in [5, 5.41) is 20.4. The normalized spacial score (nSPS) is 10.5. The lowest BCUT2D eigenvalue weighted by Crippen LogP contribution is -2.03. The van der Waals surface area contributed by atoms with Gasteiger partial charge < -0.3 is 14.6 Å². The molecular formula is C17H15NO6. The minimum Gasteiger partial charge on any atom is -0.504 e. The van der Waals surface area contributed by atoms with Gasteiger partial charge in [-0.2, -0.15) is 0 Å². The molecule has 0 saturated heterocycles. The highest BCUT2D eigenvalue weighted by atomic mass is 16.6. The van der Waals surface area contributed by atoms with E-state index in [2.05, 4.69) is 0 Å². The predicted octanol–water partition coefficient (Wildman–Crippen LogP) is 3.07. The Morgan fingerprint density at radius 2 is 2.04 bits per heavy atom. The van der Waals surface area contributed by atoms with Crippen molar-refractivity contribution in [2.45, 2.75) is 6.61 Å². The van der Waals surface area contributed by atoms with Gasteiger partial charge in [0.1, 0.15) is 6.61 Å². The second-order valence-electron chi connectivity index (χ2n) is 4.76. The molecule has 0 unspecified atom stereocenters. The van der Waals surface area contributed by atoms with Crippen LogP contribution in [0.5, 0.6) is 11.5 Å². The first-order chi connectivity index (χ1) is 11.5. The molecule has 0 aliphatic carbocycles. The largest absolute Gasteiger partial charge is 0.504 e. The van der Waals surface area contributed by atoms with Gasteiger partial charge in [0.05, 0.1) is 17.6 Å². The van der Waals surface area contributed by atoms with Crippen molar-refractivity contribution in [2.75, 3.05) is 7.11 Å². The Bertz CT molecular complexity index is 784.